The summed E-state index contributed by atoms with van der Waals surface area (Å²) in [6.07, 6.45) is 3.03. The molecule has 0 radical (unpaired) electrons. The second-order valence-electron chi connectivity index (χ2n) is 3.47. The van der Waals surface area contributed by atoms with Gasteiger partial charge in [-0.1, -0.05) is 13.8 Å². The zero-order valence-corrected chi connectivity index (χ0v) is 4.41. The number of fused-ring (bicyclic) bond motifs is 1. The van der Waals surface area contributed by atoms with E-state index in [0.29, 0.717) is 0 Å². The van der Waals surface area contributed by atoms with Gasteiger partial charge in [-0.25, -0.2) is 0 Å². The van der Waals surface area contributed by atoms with Crippen LogP contribution < -0.4 is 0 Å². The maximum absolute atomic E-state index is 2.38. The summed E-state index contributed by atoms with van der Waals surface area (Å²) in [6, 6.07) is 0. The van der Waals surface area contributed by atoms with Crippen LogP contribution >= 0.6 is 0 Å². The minimum absolute atomic E-state index is 0.854. The van der Waals surface area contributed by atoms with Crippen LogP contribution in [0.15, 0.2) is 0 Å². The van der Waals surface area contributed by atoms with Crippen molar-refractivity contribution >= 4 is 0 Å². The van der Waals surface area contributed by atoms with Crippen molar-refractivity contribution in [2.24, 2.45) is 10.8 Å². The molecule has 0 bridgehead atoms. The molecule has 2 aliphatic rings. The first kappa shape index (κ1) is 3.06. The Bertz CT molecular complexity index is 84.6. The molecule has 0 aromatic heterocycles. The molecule has 2 aliphatic carbocycles. The van der Waals surface area contributed by atoms with E-state index >= 15 is 0 Å². The van der Waals surface area contributed by atoms with Gasteiger partial charge in [-0.2, -0.15) is 0 Å². The fourth-order valence-electron chi connectivity index (χ4n) is 1.58. The number of hydrogen-bond acceptors (Lipinski definition) is 0. The fraction of sp³-hybridized carbons (Fsp3) is 1.00. The summed E-state index contributed by atoms with van der Waals surface area (Å²) in [6.45, 7) is 4.76. The maximum atomic E-state index is 2.38. The summed E-state index contributed by atoms with van der Waals surface area (Å²) >= 11 is 0. The average molecular weight is 82.1 g/mol. The molecule has 6 heavy (non-hydrogen) atoms. The second kappa shape index (κ2) is 0.408. The minimum Gasteiger partial charge on any atom is -0.0591 e. The monoisotopic (exact) mass is 82.1 g/mol. The summed E-state index contributed by atoms with van der Waals surface area (Å²) in [5, 5.41) is 0. The van der Waals surface area contributed by atoms with Gasteiger partial charge in [0.2, 0.25) is 0 Å². The Hall–Kier alpha value is 0. The molecule has 0 aromatic carbocycles. The molecule has 34 valence electrons. The number of rotatable bonds is 0. The van der Waals surface area contributed by atoms with Gasteiger partial charge in [-0.3, -0.25) is 0 Å². The molecule has 0 saturated heterocycles. The van der Waals surface area contributed by atoms with E-state index in [4.69, 9.17) is 0 Å². The zero-order valence-electron chi connectivity index (χ0n) is 4.41. The molecular weight excluding hydrogens is 72.1 g/mol. The van der Waals surface area contributed by atoms with Crippen LogP contribution in [0.3, 0.4) is 0 Å². The van der Waals surface area contributed by atoms with Crippen LogP contribution in [-0.2, 0) is 0 Å². The van der Waals surface area contributed by atoms with E-state index in [2.05, 4.69) is 13.8 Å². The Kier molecular flexibility index (Phi) is 0.208. The van der Waals surface area contributed by atoms with Gasteiger partial charge >= 0.3 is 0 Å². The van der Waals surface area contributed by atoms with Crippen molar-refractivity contribution in [1.29, 1.82) is 0 Å². The first-order valence-corrected chi connectivity index (χ1v) is 2.66. The molecule has 2 rings (SSSR count). The van der Waals surface area contributed by atoms with E-state index in [1.807, 2.05) is 0 Å². The standard InChI is InChI=1S/C6H10/c1-5-3-6(5,2)4-5/h3-4H2,1-2H3. The lowest BCUT2D eigenvalue weighted by Crippen LogP contribution is -1.70. The van der Waals surface area contributed by atoms with Crippen LogP contribution in [0.5, 0.6) is 0 Å². The second-order valence-corrected chi connectivity index (χ2v) is 3.47. The van der Waals surface area contributed by atoms with Gasteiger partial charge in [-0.15, -0.1) is 0 Å². The predicted molar refractivity (Wildman–Crippen MR) is 25.4 cm³/mol. The molecule has 2 fully saturated rings. The molecule has 0 aliphatic heterocycles. The van der Waals surface area contributed by atoms with E-state index in [-0.39, 0.29) is 0 Å². The van der Waals surface area contributed by atoms with Gasteiger partial charge in [0.1, 0.15) is 0 Å². The van der Waals surface area contributed by atoms with Gasteiger partial charge < -0.3 is 0 Å². The summed E-state index contributed by atoms with van der Waals surface area (Å²) in [7, 11) is 0. The van der Waals surface area contributed by atoms with Crippen LogP contribution in [0.25, 0.3) is 0 Å². The van der Waals surface area contributed by atoms with Gasteiger partial charge in [0.25, 0.3) is 0 Å². The van der Waals surface area contributed by atoms with Crippen molar-refractivity contribution in [3.05, 3.63) is 0 Å². The normalized spacial score (nSPS) is 73.0. The topological polar surface area (TPSA) is 0 Å². The highest BCUT2D eigenvalue weighted by molar-refractivity contribution is 5.25. The molecule has 0 aromatic rings. The summed E-state index contributed by atoms with van der Waals surface area (Å²) < 4.78 is 0. The van der Waals surface area contributed by atoms with Crippen molar-refractivity contribution < 1.29 is 0 Å². The van der Waals surface area contributed by atoms with Crippen molar-refractivity contribution in [3.8, 4) is 0 Å². The van der Waals surface area contributed by atoms with Crippen LogP contribution in [0.2, 0.25) is 0 Å². The minimum atomic E-state index is 0.854. The highest BCUT2D eigenvalue weighted by atomic mass is 14.8. The van der Waals surface area contributed by atoms with Crippen molar-refractivity contribution in [1.82, 2.24) is 0 Å². The smallest absolute Gasteiger partial charge is 0.0261 e. The first-order valence-electron chi connectivity index (χ1n) is 2.66. The Morgan fingerprint density at radius 2 is 1.17 bits per heavy atom. The molecule has 0 N–H and O–H groups in total. The van der Waals surface area contributed by atoms with Crippen molar-refractivity contribution in [2.75, 3.05) is 0 Å². The lowest BCUT2D eigenvalue weighted by Gasteiger charge is -1.83. The van der Waals surface area contributed by atoms with E-state index < -0.39 is 0 Å². The van der Waals surface area contributed by atoms with Crippen molar-refractivity contribution in [2.45, 2.75) is 26.7 Å². The molecular formula is C6H10. The van der Waals surface area contributed by atoms with E-state index in [1.54, 1.807) is 0 Å². The molecule has 0 nitrogen and oxygen atoms in total. The van der Waals surface area contributed by atoms with Gasteiger partial charge in [0.05, 0.1) is 0 Å². The van der Waals surface area contributed by atoms with Crippen LogP contribution in [0.4, 0.5) is 0 Å². The summed E-state index contributed by atoms with van der Waals surface area (Å²) in [4.78, 5) is 0. The molecule has 0 unspecified atom stereocenters. The molecule has 0 heterocycles. The van der Waals surface area contributed by atoms with Crippen LogP contribution in [0, 0.1) is 10.8 Å². The number of hydrogen-bond donors (Lipinski definition) is 0. The van der Waals surface area contributed by atoms with Gasteiger partial charge in [0.15, 0.2) is 0 Å². The zero-order chi connectivity index (χ0) is 4.41. The Morgan fingerprint density at radius 3 is 1.17 bits per heavy atom. The fourth-order valence-corrected chi connectivity index (χ4v) is 1.58. The van der Waals surface area contributed by atoms with Crippen molar-refractivity contribution in [3.63, 3.8) is 0 Å². The Morgan fingerprint density at radius 1 is 1.00 bits per heavy atom. The third kappa shape index (κ3) is 0.125. The summed E-state index contributed by atoms with van der Waals surface area (Å²) in [5.41, 5.74) is 1.71. The van der Waals surface area contributed by atoms with Gasteiger partial charge in [0, 0.05) is 0 Å². The van der Waals surface area contributed by atoms with E-state index in [0.717, 1.165) is 10.8 Å². The largest absolute Gasteiger partial charge is 0.0591 e. The SMILES string of the molecule is CC12CC1(C)C2. The predicted octanol–water partition coefficient (Wildman–Crippen LogP) is 1.81. The third-order valence-electron chi connectivity index (χ3n) is 2.77. The maximum Gasteiger partial charge on any atom is -0.0261 e. The van der Waals surface area contributed by atoms with Crippen LogP contribution in [-0.4, -0.2) is 0 Å². The van der Waals surface area contributed by atoms with Gasteiger partial charge in [-0.05, 0) is 23.7 Å². The Labute approximate surface area is 38.6 Å². The lowest BCUT2D eigenvalue weighted by atomic mass is 10.2. The average Bonchev–Trinajstić information content (AvgIpc) is 1.78. The molecule has 0 spiro atoms. The Balaban J connectivity index is 2.34. The molecule has 0 atom stereocenters. The van der Waals surface area contributed by atoms with E-state index in [1.165, 1.54) is 12.8 Å². The highest BCUT2D eigenvalue weighted by Crippen LogP contribution is 2.85. The third-order valence-corrected chi connectivity index (χ3v) is 2.77. The first-order chi connectivity index (χ1) is 2.66. The molecule has 0 amide bonds. The highest BCUT2D eigenvalue weighted by Gasteiger charge is 2.76. The molecule has 2 saturated carbocycles. The molecule has 0 heteroatoms. The lowest BCUT2D eigenvalue weighted by molar-refractivity contribution is 0.685. The van der Waals surface area contributed by atoms with Crippen LogP contribution in [0.1, 0.15) is 26.7 Å². The summed E-state index contributed by atoms with van der Waals surface area (Å²) in [5.74, 6) is 0. The quantitative estimate of drug-likeness (QED) is 0.418. The van der Waals surface area contributed by atoms with E-state index in [9.17, 15) is 0 Å².